The van der Waals surface area contributed by atoms with E-state index in [1.807, 2.05) is 4.90 Å². The first-order valence-corrected chi connectivity index (χ1v) is 7.19. The van der Waals surface area contributed by atoms with Crippen molar-refractivity contribution in [1.29, 1.82) is 0 Å². The molecule has 1 aliphatic heterocycles. The number of nitrogens with one attached hydrogen (secondary N) is 1. The summed E-state index contributed by atoms with van der Waals surface area (Å²) in [6.07, 6.45) is 2.29. The maximum atomic E-state index is 12.0. The van der Waals surface area contributed by atoms with Crippen molar-refractivity contribution in [3.8, 4) is 0 Å². The van der Waals surface area contributed by atoms with E-state index in [0.717, 1.165) is 38.4 Å². The molecule has 1 saturated heterocycles. The fourth-order valence-electron chi connectivity index (χ4n) is 2.39. The van der Waals surface area contributed by atoms with Gasteiger partial charge in [0.1, 0.15) is 0 Å². The monoisotopic (exact) mass is 260 g/mol. The molecule has 19 heavy (non-hydrogen) atoms. The molecule has 0 bridgehead atoms. The van der Waals surface area contributed by atoms with E-state index in [1.54, 1.807) is 0 Å². The van der Waals surface area contributed by atoms with Crippen LogP contribution in [0.5, 0.6) is 0 Å². The molecule has 1 aromatic carbocycles. The maximum Gasteiger partial charge on any atom is 0.236 e. The predicted octanol–water partition coefficient (Wildman–Crippen LogP) is 2.34. The fraction of sp³-hybridized carbons (Fsp3) is 0.562. The molecule has 104 valence electrons. The summed E-state index contributed by atoms with van der Waals surface area (Å²) in [5, 5.41) is 3.24. The Morgan fingerprint density at radius 2 is 1.89 bits per heavy atom. The highest BCUT2D eigenvalue weighted by Crippen LogP contribution is 2.15. The van der Waals surface area contributed by atoms with Crippen LogP contribution >= 0.6 is 0 Å². The van der Waals surface area contributed by atoms with Crippen molar-refractivity contribution in [1.82, 2.24) is 10.2 Å². The van der Waals surface area contributed by atoms with Crippen LogP contribution in [0.15, 0.2) is 24.3 Å². The summed E-state index contributed by atoms with van der Waals surface area (Å²) >= 11 is 0. The number of rotatable bonds is 4. The summed E-state index contributed by atoms with van der Waals surface area (Å²) in [5.41, 5.74) is 2.49. The Labute approximate surface area is 116 Å². The third-order valence-corrected chi connectivity index (χ3v) is 3.86. The number of piperidine rings is 1. The Kier molecular flexibility index (Phi) is 4.97. The highest BCUT2D eigenvalue weighted by Gasteiger charge is 2.19. The van der Waals surface area contributed by atoms with Gasteiger partial charge in [0, 0.05) is 19.6 Å². The van der Waals surface area contributed by atoms with Crippen LogP contribution in [0.4, 0.5) is 0 Å². The molecule has 2 rings (SSSR count). The third kappa shape index (κ3) is 4.35. The molecule has 1 amide bonds. The van der Waals surface area contributed by atoms with E-state index in [-0.39, 0.29) is 5.91 Å². The molecule has 3 heteroatoms. The molecule has 1 fully saturated rings. The minimum Gasteiger partial charge on any atom is -0.342 e. The predicted molar refractivity (Wildman–Crippen MR) is 77.9 cm³/mol. The average molecular weight is 260 g/mol. The first-order chi connectivity index (χ1) is 9.15. The second kappa shape index (κ2) is 6.71. The number of amides is 1. The summed E-state index contributed by atoms with van der Waals surface area (Å²) < 4.78 is 0. The van der Waals surface area contributed by atoms with Gasteiger partial charge in [-0.15, -0.1) is 0 Å². The van der Waals surface area contributed by atoms with Crippen LogP contribution < -0.4 is 5.32 Å². The van der Waals surface area contributed by atoms with Gasteiger partial charge in [0.05, 0.1) is 6.54 Å². The molecule has 1 heterocycles. The summed E-state index contributed by atoms with van der Waals surface area (Å²) in [7, 11) is 0. The second-order valence-corrected chi connectivity index (χ2v) is 5.65. The molecule has 1 aliphatic rings. The Hall–Kier alpha value is -1.35. The highest BCUT2D eigenvalue weighted by atomic mass is 16.2. The molecule has 3 nitrogen and oxygen atoms in total. The molecule has 0 saturated carbocycles. The standard InChI is InChI=1S/C16H24N2O/c1-13-3-5-15(6-4-13)11-17-12-16(19)18-9-7-14(2)8-10-18/h3-6,14,17H,7-12H2,1-2H3. The molecular formula is C16H24N2O. The summed E-state index contributed by atoms with van der Waals surface area (Å²) in [5.74, 6) is 1.00. The highest BCUT2D eigenvalue weighted by molar-refractivity contribution is 5.78. The average Bonchev–Trinajstić information content (AvgIpc) is 2.41. The van der Waals surface area contributed by atoms with Crippen molar-refractivity contribution in [3.05, 3.63) is 35.4 Å². The number of benzene rings is 1. The number of hydrogen-bond acceptors (Lipinski definition) is 2. The zero-order valence-electron chi connectivity index (χ0n) is 12.0. The molecular weight excluding hydrogens is 236 g/mol. The van der Waals surface area contributed by atoms with Gasteiger partial charge >= 0.3 is 0 Å². The molecule has 0 atom stereocenters. The van der Waals surface area contributed by atoms with Gasteiger partial charge in [0.25, 0.3) is 0 Å². The van der Waals surface area contributed by atoms with E-state index in [1.165, 1.54) is 11.1 Å². The van der Waals surface area contributed by atoms with Crippen LogP contribution in [-0.2, 0) is 11.3 Å². The van der Waals surface area contributed by atoms with Crippen molar-refractivity contribution in [2.75, 3.05) is 19.6 Å². The lowest BCUT2D eigenvalue weighted by Crippen LogP contribution is -2.42. The van der Waals surface area contributed by atoms with Crippen molar-refractivity contribution < 1.29 is 4.79 Å². The number of carbonyl (C=O) groups excluding carboxylic acids is 1. The molecule has 0 aliphatic carbocycles. The number of hydrogen-bond donors (Lipinski definition) is 1. The largest absolute Gasteiger partial charge is 0.342 e. The number of carbonyl (C=O) groups is 1. The Balaban J connectivity index is 1.70. The van der Waals surface area contributed by atoms with Gasteiger partial charge in [0.2, 0.25) is 5.91 Å². The van der Waals surface area contributed by atoms with E-state index in [2.05, 4.69) is 43.4 Å². The molecule has 1 aromatic rings. The lowest BCUT2D eigenvalue weighted by molar-refractivity contribution is -0.131. The van der Waals surface area contributed by atoms with Gasteiger partial charge in [0.15, 0.2) is 0 Å². The van der Waals surface area contributed by atoms with Crippen molar-refractivity contribution in [2.24, 2.45) is 5.92 Å². The minimum absolute atomic E-state index is 0.235. The van der Waals surface area contributed by atoms with Crippen molar-refractivity contribution in [2.45, 2.75) is 33.2 Å². The van der Waals surface area contributed by atoms with Crippen LogP contribution in [0.1, 0.15) is 30.9 Å². The van der Waals surface area contributed by atoms with Gasteiger partial charge in [-0.3, -0.25) is 4.79 Å². The van der Waals surface area contributed by atoms with Gasteiger partial charge in [-0.05, 0) is 31.2 Å². The lowest BCUT2D eigenvalue weighted by Gasteiger charge is -2.30. The van der Waals surface area contributed by atoms with Crippen molar-refractivity contribution >= 4 is 5.91 Å². The summed E-state index contributed by atoms with van der Waals surface area (Å²) in [6, 6.07) is 8.42. The lowest BCUT2D eigenvalue weighted by atomic mass is 9.99. The molecule has 0 aromatic heterocycles. The first-order valence-electron chi connectivity index (χ1n) is 7.19. The number of aryl methyl sites for hydroxylation is 1. The van der Waals surface area contributed by atoms with Gasteiger partial charge < -0.3 is 10.2 Å². The number of likely N-dealkylation sites (tertiary alicyclic amines) is 1. The number of nitrogens with zero attached hydrogens (tertiary/aromatic N) is 1. The SMILES string of the molecule is Cc1ccc(CNCC(=O)N2CCC(C)CC2)cc1. The fourth-order valence-corrected chi connectivity index (χ4v) is 2.39. The summed E-state index contributed by atoms with van der Waals surface area (Å²) in [6.45, 7) is 7.40. The molecule has 0 radical (unpaired) electrons. The molecule has 1 N–H and O–H groups in total. The quantitative estimate of drug-likeness (QED) is 0.901. The van der Waals surface area contributed by atoms with Crippen LogP contribution in [-0.4, -0.2) is 30.4 Å². The molecule has 0 spiro atoms. The normalized spacial score (nSPS) is 16.6. The zero-order valence-corrected chi connectivity index (χ0v) is 12.0. The summed E-state index contributed by atoms with van der Waals surface area (Å²) in [4.78, 5) is 14.0. The minimum atomic E-state index is 0.235. The molecule has 0 unspecified atom stereocenters. The van der Waals surface area contributed by atoms with E-state index in [4.69, 9.17) is 0 Å². The van der Waals surface area contributed by atoms with E-state index in [9.17, 15) is 4.79 Å². The maximum absolute atomic E-state index is 12.0. The van der Waals surface area contributed by atoms with Gasteiger partial charge in [-0.25, -0.2) is 0 Å². The van der Waals surface area contributed by atoms with Crippen LogP contribution in [0, 0.1) is 12.8 Å². The van der Waals surface area contributed by atoms with Gasteiger partial charge in [-0.2, -0.15) is 0 Å². The Morgan fingerprint density at radius 3 is 2.53 bits per heavy atom. The van der Waals surface area contributed by atoms with E-state index < -0.39 is 0 Å². The third-order valence-electron chi connectivity index (χ3n) is 3.86. The van der Waals surface area contributed by atoms with Crippen LogP contribution in [0.3, 0.4) is 0 Å². The smallest absolute Gasteiger partial charge is 0.236 e. The van der Waals surface area contributed by atoms with Crippen LogP contribution in [0.2, 0.25) is 0 Å². The topological polar surface area (TPSA) is 32.3 Å². The van der Waals surface area contributed by atoms with Gasteiger partial charge in [-0.1, -0.05) is 36.8 Å². The second-order valence-electron chi connectivity index (χ2n) is 5.65. The zero-order chi connectivity index (χ0) is 13.7. The van der Waals surface area contributed by atoms with Crippen LogP contribution in [0.25, 0.3) is 0 Å². The Morgan fingerprint density at radius 1 is 1.26 bits per heavy atom. The van der Waals surface area contributed by atoms with Crippen molar-refractivity contribution in [3.63, 3.8) is 0 Å². The first kappa shape index (κ1) is 14.1. The van der Waals surface area contributed by atoms with E-state index in [0.29, 0.717) is 6.54 Å². The Bertz CT molecular complexity index is 405. The van der Waals surface area contributed by atoms with E-state index >= 15 is 0 Å².